The third-order valence-corrected chi connectivity index (χ3v) is 3.55. The number of nitrogens with two attached hydrogens (primary N) is 1. The minimum Gasteiger partial charge on any atom is -0.396 e. The summed E-state index contributed by atoms with van der Waals surface area (Å²) in [5.74, 6) is 0. The van der Waals surface area contributed by atoms with Gasteiger partial charge < -0.3 is 20.5 Å². The highest BCUT2D eigenvalue weighted by Crippen LogP contribution is 2.32. The third-order valence-electron chi connectivity index (χ3n) is 3.55. The van der Waals surface area contributed by atoms with Gasteiger partial charge >= 0.3 is 0 Å². The van der Waals surface area contributed by atoms with Crippen molar-refractivity contribution >= 4 is 22.3 Å². The Bertz CT molecular complexity index is 588. The Labute approximate surface area is 111 Å². The Morgan fingerprint density at radius 3 is 3.16 bits per heavy atom. The lowest BCUT2D eigenvalue weighted by atomic mass is 10.1. The van der Waals surface area contributed by atoms with Gasteiger partial charge in [-0.05, 0) is 24.3 Å². The predicted octanol–water partition coefficient (Wildman–Crippen LogP) is 1.01. The number of benzene rings is 1. The average Bonchev–Trinajstić information content (AvgIpc) is 2.48. The largest absolute Gasteiger partial charge is 0.396 e. The van der Waals surface area contributed by atoms with Gasteiger partial charge in [0.05, 0.1) is 42.8 Å². The molecule has 0 spiro atoms. The molecule has 5 nitrogen and oxygen atoms in total. The summed E-state index contributed by atoms with van der Waals surface area (Å²) in [5.41, 5.74) is 8.81. The van der Waals surface area contributed by atoms with Gasteiger partial charge in [0, 0.05) is 18.1 Å². The van der Waals surface area contributed by atoms with Gasteiger partial charge in [0.1, 0.15) is 0 Å². The lowest BCUT2D eigenvalue weighted by Gasteiger charge is -2.37. The van der Waals surface area contributed by atoms with Crippen LogP contribution < -0.4 is 10.6 Å². The Hall–Kier alpha value is -1.85. The first kappa shape index (κ1) is 12.2. The summed E-state index contributed by atoms with van der Waals surface area (Å²) in [4.78, 5) is 6.41. The van der Waals surface area contributed by atoms with Crippen LogP contribution in [0.25, 0.3) is 10.9 Å². The monoisotopic (exact) mass is 259 g/mol. The first-order valence-corrected chi connectivity index (χ1v) is 6.39. The van der Waals surface area contributed by atoms with Crippen molar-refractivity contribution in [3.8, 4) is 0 Å². The molecule has 0 aliphatic carbocycles. The molecule has 1 aliphatic rings. The maximum absolute atomic E-state index is 9.45. The van der Waals surface area contributed by atoms with E-state index in [2.05, 4.69) is 9.88 Å². The van der Waals surface area contributed by atoms with Crippen LogP contribution in [0.15, 0.2) is 30.5 Å². The molecule has 0 radical (unpaired) electrons. The Balaban J connectivity index is 2.06. The molecule has 2 heterocycles. The molecule has 100 valence electrons. The smallest absolute Gasteiger partial charge is 0.0756 e. The highest BCUT2D eigenvalue weighted by atomic mass is 16.5. The Morgan fingerprint density at radius 2 is 2.32 bits per heavy atom. The van der Waals surface area contributed by atoms with E-state index in [-0.39, 0.29) is 12.6 Å². The fraction of sp³-hybridized carbons (Fsp3) is 0.357. The summed E-state index contributed by atoms with van der Waals surface area (Å²) in [7, 11) is 0. The van der Waals surface area contributed by atoms with E-state index in [9.17, 15) is 5.11 Å². The number of hydrogen-bond acceptors (Lipinski definition) is 5. The predicted molar refractivity (Wildman–Crippen MR) is 75.2 cm³/mol. The molecule has 0 saturated carbocycles. The second-order valence-corrected chi connectivity index (χ2v) is 4.67. The molecule has 19 heavy (non-hydrogen) atoms. The van der Waals surface area contributed by atoms with Crippen molar-refractivity contribution < 1.29 is 9.84 Å². The van der Waals surface area contributed by atoms with Crippen LogP contribution in [0.4, 0.5) is 11.4 Å². The van der Waals surface area contributed by atoms with Crippen molar-refractivity contribution in [1.29, 1.82) is 0 Å². The number of ether oxygens (including phenoxy) is 1. The van der Waals surface area contributed by atoms with Crippen molar-refractivity contribution in [3.63, 3.8) is 0 Å². The number of hydrogen-bond donors (Lipinski definition) is 2. The number of rotatable bonds is 2. The maximum Gasteiger partial charge on any atom is 0.0756 e. The lowest BCUT2D eigenvalue weighted by molar-refractivity contribution is 0.0728. The van der Waals surface area contributed by atoms with Crippen LogP contribution in [0.1, 0.15) is 0 Å². The molecule has 1 unspecified atom stereocenters. The second-order valence-electron chi connectivity index (χ2n) is 4.67. The van der Waals surface area contributed by atoms with Crippen molar-refractivity contribution in [3.05, 3.63) is 30.5 Å². The van der Waals surface area contributed by atoms with Crippen LogP contribution in [-0.2, 0) is 4.74 Å². The second kappa shape index (κ2) is 5.03. The molecular weight excluding hydrogens is 242 g/mol. The number of aliphatic hydroxyl groups is 1. The number of fused-ring (bicyclic) bond motifs is 1. The fourth-order valence-corrected chi connectivity index (χ4v) is 2.54. The first-order valence-electron chi connectivity index (χ1n) is 6.39. The zero-order valence-electron chi connectivity index (χ0n) is 10.6. The number of aromatic nitrogens is 1. The molecule has 3 N–H and O–H groups in total. The van der Waals surface area contributed by atoms with Crippen LogP contribution >= 0.6 is 0 Å². The standard InChI is InChI=1S/C14H17N3O2/c15-14-11-2-1-5-16-12(11)3-4-13(14)17-6-7-19-9-10(17)8-18/h1-5,10,18H,6-9,15H2. The molecule has 1 atom stereocenters. The van der Waals surface area contributed by atoms with E-state index in [0.29, 0.717) is 18.9 Å². The summed E-state index contributed by atoms with van der Waals surface area (Å²) in [6.07, 6.45) is 1.76. The van der Waals surface area contributed by atoms with Gasteiger partial charge in [-0.25, -0.2) is 0 Å². The molecular formula is C14H17N3O2. The molecule has 2 aromatic rings. The molecule has 1 aromatic heterocycles. The Morgan fingerprint density at radius 1 is 1.42 bits per heavy atom. The van der Waals surface area contributed by atoms with E-state index < -0.39 is 0 Å². The van der Waals surface area contributed by atoms with E-state index in [1.807, 2.05) is 24.3 Å². The van der Waals surface area contributed by atoms with Crippen LogP contribution in [0.3, 0.4) is 0 Å². The van der Waals surface area contributed by atoms with Gasteiger partial charge in [-0.3, -0.25) is 4.98 Å². The highest BCUT2D eigenvalue weighted by molar-refractivity contribution is 5.97. The average molecular weight is 259 g/mol. The normalized spacial score (nSPS) is 19.8. The maximum atomic E-state index is 9.45. The molecule has 1 aromatic carbocycles. The Kier molecular flexibility index (Phi) is 3.23. The van der Waals surface area contributed by atoms with Gasteiger partial charge in [0.15, 0.2) is 0 Å². The number of nitrogens with zero attached hydrogens (tertiary/aromatic N) is 2. The number of nitrogen functional groups attached to an aromatic ring is 1. The number of anilines is 2. The van der Waals surface area contributed by atoms with E-state index in [1.165, 1.54) is 0 Å². The number of morpholine rings is 1. The van der Waals surface area contributed by atoms with E-state index in [4.69, 9.17) is 10.5 Å². The minimum atomic E-state index is -0.0369. The van der Waals surface area contributed by atoms with Gasteiger partial charge in [0.2, 0.25) is 0 Å². The summed E-state index contributed by atoms with van der Waals surface area (Å²) in [6, 6.07) is 7.75. The van der Waals surface area contributed by atoms with Crippen molar-refractivity contribution in [2.24, 2.45) is 0 Å². The highest BCUT2D eigenvalue weighted by Gasteiger charge is 2.24. The number of pyridine rings is 1. The van der Waals surface area contributed by atoms with Crippen LogP contribution in [0.5, 0.6) is 0 Å². The zero-order valence-corrected chi connectivity index (χ0v) is 10.6. The van der Waals surface area contributed by atoms with Crippen molar-refractivity contribution in [2.75, 3.05) is 37.0 Å². The van der Waals surface area contributed by atoms with Crippen LogP contribution in [-0.4, -0.2) is 42.5 Å². The van der Waals surface area contributed by atoms with Crippen molar-refractivity contribution in [2.45, 2.75) is 6.04 Å². The summed E-state index contributed by atoms with van der Waals surface area (Å²) in [6.45, 7) is 1.98. The summed E-state index contributed by atoms with van der Waals surface area (Å²) < 4.78 is 5.40. The van der Waals surface area contributed by atoms with Crippen LogP contribution in [0, 0.1) is 0 Å². The van der Waals surface area contributed by atoms with E-state index >= 15 is 0 Å². The third kappa shape index (κ3) is 2.11. The van der Waals surface area contributed by atoms with Gasteiger partial charge in [-0.2, -0.15) is 0 Å². The minimum absolute atomic E-state index is 0.0369. The lowest BCUT2D eigenvalue weighted by Crippen LogP contribution is -2.47. The fourth-order valence-electron chi connectivity index (χ4n) is 2.54. The molecule has 1 saturated heterocycles. The van der Waals surface area contributed by atoms with Crippen molar-refractivity contribution in [1.82, 2.24) is 4.98 Å². The van der Waals surface area contributed by atoms with Crippen LogP contribution in [0.2, 0.25) is 0 Å². The molecule has 0 bridgehead atoms. The molecule has 0 amide bonds. The number of aliphatic hydroxyl groups excluding tert-OH is 1. The molecule has 5 heteroatoms. The quantitative estimate of drug-likeness (QED) is 0.788. The summed E-state index contributed by atoms with van der Waals surface area (Å²) in [5, 5.41) is 10.4. The van der Waals surface area contributed by atoms with Gasteiger partial charge in [0.25, 0.3) is 0 Å². The molecule has 3 rings (SSSR count). The van der Waals surface area contributed by atoms with E-state index in [0.717, 1.165) is 23.1 Å². The van der Waals surface area contributed by atoms with Gasteiger partial charge in [-0.1, -0.05) is 0 Å². The van der Waals surface area contributed by atoms with Gasteiger partial charge in [-0.15, -0.1) is 0 Å². The molecule has 1 fully saturated rings. The zero-order chi connectivity index (χ0) is 13.2. The van der Waals surface area contributed by atoms with E-state index in [1.54, 1.807) is 6.20 Å². The summed E-state index contributed by atoms with van der Waals surface area (Å²) >= 11 is 0. The topological polar surface area (TPSA) is 71.6 Å². The SMILES string of the molecule is Nc1c(N2CCOCC2CO)ccc2ncccc12. The first-order chi connectivity index (χ1) is 9.31. The molecule has 1 aliphatic heterocycles.